The first kappa shape index (κ1) is 17.1. The third-order valence-electron chi connectivity index (χ3n) is 2.98. The topological polar surface area (TPSA) is 81.4 Å². The summed E-state index contributed by atoms with van der Waals surface area (Å²) in [6, 6.07) is 6.94. The number of hydrogen-bond donors (Lipinski definition) is 2. The molecule has 5 nitrogen and oxygen atoms in total. The minimum Gasteiger partial charge on any atom is -0.384 e. The largest absolute Gasteiger partial charge is 0.384 e. The van der Waals surface area contributed by atoms with Crippen LogP contribution in [0.4, 0.5) is 0 Å². The fourth-order valence-corrected chi connectivity index (χ4v) is 2.99. The number of sulfonamides is 1. The second kappa shape index (κ2) is 8.36. The van der Waals surface area contributed by atoms with Gasteiger partial charge in [-0.1, -0.05) is 19.1 Å². The van der Waals surface area contributed by atoms with Gasteiger partial charge in [-0.05, 0) is 43.0 Å². The Morgan fingerprint density at radius 3 is 2.50 bits per heavy atom. The standard InChI is InChI=1S/C14H24N2O3S/c1-12(11-19-2)10-16-20(17,18)14-7-5-13(6-8-14)4-3-9-15/h5-8,12,16H,3-4,9-11,15H2,1-2H3. The van der Waals surface area contributed by atoms with Gasteiger partial charge >= 0.3 is 0 Å². The highest BCUT2D eigenvalue weighted by Gasteiger charge is 2.14. The van der Waals surface area contributed by atoms with Crippen LogP contribution in [0.3, 0.4) is 0 Å². The van der Waals surface area contributed by atoms with Crippen LogP contribution in [0.25, 0.3) is 0 Å². The Bertz CT molecular complexity index is 486. The molecule has 0 aliphatic carbocycles. The number of hydrogen-bond acceptors (Lipinski definition) is 4. The van der Waals surface area contributed by atoms with Crippen LogP contribution in [0.2, 0.25) is 0 Å². The molecule has 0 saturated heterocycles. The van der Waals surface area contributed by atoms with E-state index in [1.165, 1.54) is 0 Å². The number of nitrogens with one attached hydrogen (secondary N) is 1. The second-order valence-electron chi connectivity index (χ2n) is 4.95. The van der Waals surface area contributed by atoms with E-state index in [0.717, 1.165) is 18.4 Å². The van der Waals surface area contributed by atoms with Crippen molar-refractivity contribution in [3.63, 3.8) is 0 Å². The molecule has 0 fully saturated rings. The molecule has 1 unspecified atom stereocenters. The van der Waals surface area contributed by atoms with Crippen LogP contribution in [0.5, 0.6) is 0 Å². The number of aryl methyl sites for hydroxylation is 1. The minimum absolute atomic E-state index is 0.138. The third kappa shape index (κ3) is 5.58. The number of ether oxygens (including phenoxy) is 1. The molecule has 0 amide bonds. The third-order valence-corrected chi connectivity index (χ3v) is 4.42. The van der Waals surface area contributed by atoms with Gasteiger partial charge in [-0.15, -0.1) is 0 Å². The Balaban J connectivity index is 2.63. The van der Waals surface area contributed by atoms with E-state index in [2.05, 4.69) is 4.72 Å². The molecule has 6 heteroatoms. The maximum Gasteiger partial charge on any atom is 0.240 e. The van der Waals surface area contributed by atoms with Crippen molar-refractivity contribution in [1.82, 2.24) is 4.72 Å². The van der Waals surface area contributed by atoms with Crippen LogP contribution in [-0.4, -0.2) is 35.2 Å². The summed E-state index contributed by atoms with van der Waals surface area (Å²) in [5.74, 6) is 0.138. The summed E-state index contributed by atoms with van der Waals surface area (Å²) in [7, 11) is -1.84. The van der Waals surface area contributed by atoms with Gasteiger partial charge in [-0.25, -0.2) is 13.1 Å². The quantitative estimate of drug-likeness (QED) is 0.716. The van der Waals surface area contributed by atoms with Gasteiger partial charge in [0.05, 0.1) is 4.90 Å². The van der Waals surface area contributed by atoms with E-state index in [1.807, 2.05) is 19.1 Å². The molecule has 1 aromatic carbocycles. The maximum atomic E-state index is 12.1. The molecule has 0 bridgehead atoms. The second-order valence-corrected chi connectivity index (χ2v) is 6.72. The van der Waals surface area contributed by atoms with Crippen molar-refractivity contribution < 1.29 is 13.2 Å². The van der Waals surface area contributed by atoms with Crippen LogP contribution in [0.15, 0.2) is 29.2 Å². The van der Waals surface area contributed by atoms with E-state index < -0.39 is 10.0 Å². The number of methoxy groups -OCH3 is 1. The van der Waals surface area contributed by atoms with E-state index in [1.54, 1.807) is 19.2 Å². The van der Waals surface area contributed by atoms with E-state index in [-0.39, 0.29) is 5.92 Å². The number of rotatable bonds is 9. The van der Waals surface area contributed by atoms with Crippen molar-refractivity contribution in [1.29, 1.82) is 0 Å². The smallest absolute Gasteiger partial charge is 0.240 e. The summed E-state index contributed by atoms with van der Waals surface area (Å²) in [4.78, 5) is 0.290. The molecule has 0 aliphatic rings. The zero-order valence-electron chi connectivity index (χ0n) is 12.1. The summed E-state index contributed by atoms with van der Waals surface area (Å²) in [6.45, 7) is 3.46. The molecule has 0 aliphatic heterocycles. The first-order chi connectivity index (χ1) is 9.49. The van der Waals surface area contributed by atoms with Crippen LogP contribution < -0.4 is 10.5 Å². The van der Waals surface area contributed by atoms with Gasteiger partial charge in [0, 0.05) is 20.3 Å². The SMILES string of the molecule is COCC(C)CNS(=O)(=O)c1ccc(CCCN)cc1. The fourth-order valence-electron chi connectivity index (χ4n) is 1.82. The van der Waals surface area contributed by atoms with Gasteiger partial charge in [0.2, 0.25) is 10.0 Å². The summed E-state index contributed by atoms with van der Waals surface area (Å²) < 4.78 is 31.8. The van der Waals surface area contributed by atoms with Crippen molar-refractivity contribution in [2.24, 2.45) is 11.7 Å². The molecule has 0 heterocycles. The molecule has 0 saturated carbocycles. The van der Waals surface area contributed by atoms with E-state index in [4.69, 9.17) is 10.5 Å². The van der Waals surface area contributed by atoms with Crippen LogP contribution >= 0.6 is 0 Å². The van der Waals surface area contributed by atoms with Crippen molar-refractivity contribution in [3.8, 4) is 0 Å². The predicted octanol–water partition coefficient (Wildman–Crippen LogP) is 1.14. The zero-order chi connectivity index (χ0) is 15.0. The maximum absolute atomic E-state index is 12.1. The minimum atomic E-state index is -3.44. The molecule has 0 spiro atoms. The monoisotopic (exact) mass is 300 g/mol. The van der Waals surface area contributed by atoms with Crippen LogP contribution in [0, 0.1) is 5.92 Å². The lowest BCUT2D eigenvalue weighted by Crippen LogP contribution is -2.30. The van der Waals surface area contributed by atoms with Crippen molar-refractivity contribution >= 4 is 10.0 Å². The highest BCUT2D eigenvalue weighted by atomic mass is 32.2. The van der Waals surface area contributed by atoms with E-state index in [0.29, 0.717) is 24.6 Å². The van der Waals surface area contributed by atoms with Gasteiger partial charge in [-0.3, -0.25) is 0 Å². The van der Waals surface area contributed by atoms with Gasteiger partial charge in [0.15, 0.2) is 0 Å². The first-order valence-electron chi connectivity index (χ1n) is 6.77. The Hall–Kier alpha value is -0.950. The first-order valence-corrected chi connectivity index (χ1v) is 8.25. The number of nitrogens with two attached hydrogens (primary N) is 1. The molecule has 1 rings (SSSR count). The van der Waals surface area contributed by atoms with Gasteiger partial charge in [0.25, 0.3) is 0 Å². The summed E-state index contributed by atoms with van der Waals surface area (Å²) in [5.41, 5.74) is 6.55. The molecule has 20 heavy (non-hydrogen) atoms. The molecule has 114 valence electrons. The van der Waals surface area contributed by atoms with E-state index >= 15 is 0 Å². The lowest BCUT2D eigenvalue weighted by Gasteiger charge is -2.12. The van der Waals surface area contributed by atoms with E-state index in [9.17, 15) is 8.42 Å². The molecule has 0 aromatic heterocycles. The molecular weight excluding hydrogens is 276 g/mol. The lowest BCUT2D eigenvalue weighted by molar-refractivity contribution is 0.161. The van der Waals surface area contributed by atoms with Crippen molar-refractivity contribution in [2.75, 3.05) is 26.8 Å². The Morgan fingerprint density at radius 2 is 1.95 bits per heavy atom. The normalized spacial score (nSPS) is 13.3. The summed E-state index contributed by atoms with van der Waals surface area (Å²) in [5, 5.41) is 0. The van der Waals surface area contributed by atoms with Crippen molar-refractivity contribution in [3.05, 3.63) is 29.8 Å². The molecule has 3 N–H and O–H groups in total. The molecule has 1 atom stereocenters. The van der Waals surface area contributed by atoms with Crippen LogP contribution in [-0.2, 0) is 21.2 Å². The van der Waals surface area contributed by atoms with Crippen LogP contribution in [0.1, 0.15) is 18.9 Å². The zero-order valence-corrected chi connectivity index (χ0v) is 12.9. The molecule has 1 aromatic rings. The number of benzene rings is 1. The lowest BCUT2D eigenvalue weighted by atomic mass is 10.1. The summed E-state index contributed by atoms with van der Waals surface area (Å²) in [6.07, 6.45) is 1.77. The average Bonchev–Trinajstić information content (AvgIpc) is 2.44. The van der Waals surface area contributed by atoms with Gasteiger partial charge < -0.3 is 10.5 Å². The van der Waals surface area contributed by atoms with Gasteiger partial charge in [0.1, 0.15) is 0 Å². The predicted molar refractivity (Wildman–Crippen MR) is 80.0 cm³/mol. The fraction of sp³-hybridized carbons (Fsp3) is 0.571. The summed E-state index contributed by atoms with van der Waals surface area (Å²) >= 11 is 0. The Morgan fingerprint density at radius 1 is 1.30 bits per heavy atom. The molecule has 0 radical (unpaired) electrons. The average molecular weight is 300 g/mol. The Labute approximate surface area is 121 Å². The highest BCUT2D eigenvalue weighted by Crippen LogP contribution is 2.12. The molecular formula is C14H24N2O3S. The van der Waals surface area contributed by atoms with Crippen molar-refractivity contribution in [2.45, 2.75) is 24.7 Å². The highest BCUT2D eigenvalue weighted by molar-refractivity contribution is 7.89. The van der Waals surface area contributed by atoms with Gasteiger partial charge in [-0.2, -0.15) is 0 Å². The Kier molecular flexibility index (Phi) is 7.15.